The smallest absolute Gasteiger partial charge is 0.407 e. The minimum absolute atomic E-state index is 0.0694. The molecule has 0 unspecified atom stereocenters. The number of aryl methyl sites for hydroxylation is 1. The van der Waals surface area contributed by atoms with Crippen LogP contribution in [0.2, 0.25) is 0 Å². The zero-order valence-electron chi connectivity index (χ0n) is 24.2. The van der Waals surface area contributed by atoms with Crippen molar-refractivity contribution in [2.75, 3.05) is 26.8 Å². The number of sulfonamides is 1. The van der Waals surface area contributed by atoms with Crippen molar-refractivity contribution in [3.05, 3.63) is 65.9 Å². The van der Waals surface area contributed by atoms with Gasteiger partial charge in [-0.05, 0) is 49.4 Å². The summed E-state index contributed by atoms with van der Waals surface area (Å²) in [6.07, 6.45) is 2.99. The van der Waals surface area contributed by atoms with Crippen molar-refractivity contribution in [3.8, 4) is 0 Å². The van der Waals surface area contributed by atoms with E-state index in [1.807, 2.05) is 51.2 Å². The van der Waals surface area contributed by atoms with Crippen LogP contribution in [0.15, 0.2) is 59.6 Å². The molecule has 0 fully saturated rings. The number of alkyl carbamates (subject to hydrolysis) is 1. The fraction of sp³-hybridized carbons (Fsp3) is 0.467. The molecule has 3 aromatic rings. The Kier molecular flexibility index (Phi) is 11.7. The summed E-state index contributed by atoms with van der Waals surface area (Å²) in [5.74, 6) is -0.275. The maximum atomic E-state index is 13.5. The summed E-state index contributed by atoms with van der Waals surface area (Å²) in [5, 5.41) is 16.6. The number of carbonyl (C=O) groups excluding carboxylic acids is 2. The molecule has 224 valence electrons. The summed E-state index contributed by atoms with van der Waals surface area (Å²) in [4.78, 5) is 28.4. The summed E-state index contributed by atoms with van der Waals surface area (Å²) >= 11 is 0. The average molecular weight is 587 g/mol. The number of amides is 2. The number of aromatic nitrogens is 1. The highest BCUT2D eigenvalue weighted by Gasteiger charge is 2.31. The van der Waals surface area contributed by atoms with Crippen molar-refractivity contribution in [2.24, 2.45) is 5.92 Å². The Hall–Kier alpha value is -3.41. The van der Waals surface area contributed by atoms with Crippen LogP contribution in [-0.2, 0) is 26.0 Å². The number of nitrogens with zero attached hydrogens (tertiary/aromatic N) is 1. The van der Waals surface area contributed by atoms with E-state index in [9.17, 15) is 23.1 Å². The molecule has 4 N–H and O–H groups in total. The van der Waals surface area contributed by atoms with Gasteiger partial charge in [-0.1, -0.05) is 56.2 Å². The van der Waals surface area contributed by atoms with Crippen molar-refractivity contribution in [2.45, 2.75) is 63.4 Å². The second kappa shape index (κ2) is 15.0. The summed E-state index contributed by atoms with van der Waals surface area (Å²) in [6.45, 7) is 6.09. The number of H-pyrrole nitrogens is 1. The molecule has 11 heteroatoms. The second-order valence-electron chi connectivity index (χ2n) is 10.7. The van der Waals surface area contributed by atoms with Crippen LogP contribution in [0.5, 0.6) is 0 Å². The normalized spacial score (nSPS) is 13.3. The fourth-order valence-corrected chi connectivity index (χ4v) is 6.56. The third kappa shape index (κ3) is 8.79. The highest BCUT2D eigenvalue weighted by atomic mass is 32.2. The monoisotopic (exact) mass is 586 g/mol. The molecule has 2 atom stereocenters. The Bertz CT molecular complexity index is 1390. The molecule has 0 spiro atoms. The number of carbonyl (C=O) groups is 2. The Morgan fingerprint density at radius 1 is 1.07 bits per heavy atom. The average Bonchev–Trinajstić information content (AvgIpc) is 3.36. The number of hydrogen-bond donors (Lipinski definition) is 4. The maximum absolute atomic E-state index is 13.5. The van der Waals surface area contributed by atoms with Crippen molar-refractivity contribution in [1.82, 2.24) is 19.9 Å². The molecule has 0 saturated carbocycles. The molecule has 2 aromatic carbocycles. The predicted octanol–water partition coefficient (Wildman–Crippen LogP) is 3.74. The largest absolute Gasteiger partial charge is 0.453 e. The van der Waals surface area contributed by atoms with E-state index in [0.29, 0.717) is 25.8 Å². The number of para-hydroxylation sites is 1. The highest BCUT2D eigenvalue weighted by Crippen LogP contribution is 2.23. The minimum Gasteiger partial charge on any atom is -0.453 e. The van der Waals surface area contributed by atoms with E-state index in [0.717, 1.165) is 22.0 Å². The van der Waals surface area contributed by atoms with Gasteiger partial charge in [0.25, 0.3) is 0 Å². The maximum Gasteiger partial charge on any atom is 0.407 e. The molecule has 10 nitrogen and oxygen atoms in total. The van der Waals surface area contributed by atoms with E-state index in [1.54, 1.807) is 24.3 Å². The van der Waals surface area contributed by atoms with Gasteiger partial charge < -0.3 is 25.5 Å². The molecule has 2 amide bonds. The van der Waals surface area contributed by atoms with E-state index in [4.69, 9.17) is 4.74 Å². The lowest BCUT2D eigenvalue weighted by Crippen LogP contribution is -2.48. The van der Waals surface area contributed by atoms with Crippen LogP contribution in [0.4, 0.5) is 4.79 Å². The van der Waals surface area contributed by atoms with Gasteiger partial charge in [-0.15, -0.1) is 0 Å². The molecule has 1 aromatic heterocycles. The Balaban J connectivity index is 1.59. The van der Waals surface area contributed by atoms with E-state index < -0.39 is 28.2 Å². The van der Waals surface area contributed by atoms with Crippen molar-refractivity contribution >= 4 is 32.9 Å². The van der Waals surface area contributed by atoms with Gasteiger partial charge >= 0.3 is 6.09 Å². The minimum atomic E-state index is -3.80. The molecule has 0 aliphatic rings. The molecular formula is C30H42N4O6S. The standard InChI is InChI=1S/C30H42N4O6S/c1-21(2)19-34(41(38,39)25-14-12-22(3)13-15-25)24(20-35)9-7-8-16-31-29(36)28(33-30(37)40-4)17-23-18-32-27-11-6-5-10-26(23)27/h5-6,10-15,18,21,24,28,32,35H,7-9,16-17,19-20H2,1-4H3,(H,31,36)(H,33,37)/t24-,28-/m0/s1. The molecule has 3 rings (SSSR count). The fourth-order valence-electron chi connectivity index (χ4n) is 4.75. The van der Waals surface area contributed by atoms with Gasteiger partial charge in [0.1, 0.15) is 6.04 Å². The number of nitrogens with one attached hydrogen (secondary N) is 3. The number of methoxy groups -OCH3 is 1. The van der Waals surface area contributed by atoms with E-state index in [-0.39, 0.29) is 36.3 Å². The number of aliphatic hydroxyl groups excluding tert-OH is 1. The Labute approximate surface area is 242 Å². The van der Waals surface area contributed by atoms with Gasteiger partial charge in [-0.2, -0.15) is 4.31 Å². The van der Waals surface area contributed by atoms with E-state index in [2.05, 4.69) is 15.6 Å². The quantitative estimate of drug-likeness (QED) is 0.200. The first-order valence-corrected chi connectivity index (χ1v) is 15.4. The summed E-state index contributed by atoms with van der Waals surface area (Å²) in [6, 6.07) is 13.0. The number of benzene rings is 2. The third-order valence-electron chi connectivity index (χ3n) is 6.95. The van der Waals surface area contributed by atoms with Gasteiger partial charge in [-0.3, -0.25) is 4.79 Å². The molecule has 0 bridgehead atoms. The summed E-state index contributed by atoms with van der Waals surface area (Å²) in [7, 11) is -2.55. The van der Waals surface area contributed by atoms with Gasteiger partial charge in [0.05, 0.1) is 18.6 Å². The zero-order valence-corrected chi connectivity index (χ0v) is 25.0. The van der Waals surface area contributed by atoms with Crippen LogP contribution < -0.4 is 10.6 Å². The van der Waals surface area contributed by atoms with Crippen LogP contribution in [0, 0.1) is 12.8 Å². The first-order chi connectivity index (χ1) is 19.6. The van der Waals surface area contributed by atoms with Crippen molar-refractivity contribution in [3.63, 3.8) is 0 Å². The molecule has 0 saturated heterocycles. The lowest BCUT2D eigenvalue weighted by atomic mass is 10.0. The number of aromatic amines is 1. The number of aliphatic hydroxyl groups is 1. The van der Waals surface area contributed by atoms with Gasteiger partial charge in [0, 0.05) is 42.7 Å². The lowest BCUT2D eigenvalue weighted by molar-refractivity contribution is -0.123. The topological polar surface area (TPSA) is 141 Å². The molecular weight excluding hydrogens is 544 g/mol. The van der Waals surface area contributed by atoms with Crippen molar-refractivity contribution in [1.29, 1.82) is 0 Å². The van der Waals surface area contributed by atoms with Gasteiger partial charge in [0.15, 0.2) is 0 Å². The van der Waals surface area contributed by atoms with Gasteiger partial charge in [-0.25, -0.2) is 13.2 Å². The van der Waals surface area contributed by atoms with Crippen LogP contribution in [-0.4, -0.2) is 73.7 Å². The highest BCUT2D eigenvalue weighted by molar-refractivity contribution is 7.89. The zero-order chi connectivity index (χ0) is 30.0. The number of unbranched alkanes of at least 4 members (excludes halogenated alkanes) is 1. The van der Waals surface area contributed by atoms with Crippen LogP contribution in [0.3, 0.4) is 0 Å². The van der Waals surface area contributed by atoms with Crippen molar-refractivity contribution < 1.29 is 27.9 Å². The SMILES string of the molecule is COC(=O)N[C@@H](Cc1c[nH]c2ccccc12)C(=O)NCCCC[C@@H](CO)N(CC(C)C)S(=O)(=O)c1ccc(C)cc1. The van der Waals surface area contributed by atoms with Crippen LogP contribution in [0.1, 0.15) is 44.2 Å². The predicted molar refractivity (Wildman–Crippen MR) is 159 cm³/mol. The molecule has 0 aliphatic carbocycles. The second-order valence-corrected chi connectivity index (χ2v) is 12.5. The Morgan fingerprint density at radius 2 is 1.78 bits per heavy atom. The number of ether oxygens (including phenoxy) is 1. The number of fused-ring (bicyclic) bond motifs is 1. The summed E-state index contributed by atoms with van der Waals surface area (Å²) in [5.41, 5.74) is 2.79. The number of rotatable bonds is 15. The molecule has 1 heterocycles. The first-order valence-electron chi connectivity index (χ1n) is 13.9. The molecule has 0 radical (unpaired) electrons. The Morgan fingerprint density at radius 3 is 2.44 bits per heavy atom. The lowest BCUT2D eigenvalue weighted by Gasteiger charge is -2.31. The van der Waals surface area contributed by atoms with E-state index >= 15 is 0 Å². The number of hydrogen-bond acceptors (Lipinski definition) is 6. The third-order valence-corrected chi connectivity index (χ3v) is 8.88. The molecule has 0 aliphatic heterocycles. The van der Waals surface area contributed by atoms with Crippen LogP contribution >= 0.6 is 0 Å². The van der Waals surface area contributed by atoms with Crippen LogP contribution in [0.25, 0.3) is 10.9 Å². The first kappa shape index (κ1) is 32.1. The van der Waals surface area contributed by atoms with E-state index in [1.165, 1.54) is 11.4 Å². The summed E-state index contributed by atoms with van der Waals surface area (Å²) < 4.78 is 33.1. The molecule has 41 heavy (non-hydrogen) atoms. The van der Waals surface area contributed by atoms with Gasteiger partial charge in [0.2, 0.25) is 15.9 Å².